The Morgan fingerprint density at radius 3 is 2.74 bits per heavy atom. The molecule has 3 N–H and O–H groups in total. The Hall–Kier alpha value is -2.14. The molecular weight excluding hydrogens is 242 g/mol. The normalized spacial score (nSPS) is 12.1. The molecule has 0 aliphatic heterocycles. The lowest BCUT2D eigenvalue weighted by molar-refractivity contribution is -0.144. The fourth-order valence-electron chi connectivity index (χ4n) is 1.45. The maximum absolute atomic E-state index is 11.4. The lowest BCUT2D eigenvalue weighted by atomic mass is 10.2. The van der Waals surface area contributed by atoms with E-state index < -0.39 is 12.0 Å². The van der Waals surface area contributed by atoms with Crippen LogP contribution in [0.15, 0.2) is 36.5 Å². The molecule has 0 aromatic heterocycles. The van der Waals surface area contributed by atoms with E-state index in [2.05, 4.69) is 0 Å². The van der Waals surface area contributed by atoms with Crippen molar-refractivity contribution in [1.82, 2.24) is 4.90 Å². The first kappa shape index (κ1) is 14.9. The van der Waals surface area contributed by atoms with E-state index in [0.717, 1.165) is 11.9 Å². The van der Waals surface area contributed by atoms with Crippen LogP contribution in [0.2, 0.25) is 0 Å². The molecule has 0 aliphatic rings. The third kappa shape index (κ3) is 5.35. The van der Waals surface area contributed by atoms with Gasteiger partial charge in [-0.15, -0.1) is 0 Å². The van der Waals surface area contributed by atoms with Crippen LogP contribution in [0.25, 0.3) is 6.08 Å². The summed E-state index contributed by atoms with van der Waals surface area (Å²) in [6.07, 6.45) is 4.68. The van der Waals surface area contributed by atoms with E-state index in [1.165, 1.54) is 4.90 Å². The van der Waals surface area contributed by atoms with Gasteiger partial charge in [0, 0.05) is 12.7 Å². The highest BCUT2D eigenvalue weighted by molar-refractivity contribution is 5.76. The first-order chi connectivity index (χ1) is 9.17. The highest BCUT2D eigenvalue weighted by Gasteiger charge is 2.16. The van der Waals surface area contributed by atoms with Crippen molar-refractivity contribution in [3.63, 3.8) is 0 Å². The molecule has 0 aliphatic carbocycles. The maximum Gasteiger partial charge on any atom is 0.324 e. The van der Waals surface area contributed by atoms with E-state index in [9.17, 15) is 4.79 Å². The zero-order valence-corrected chi connectivity index (χ0v) is 11.0. The predicted octanol–water partition coefficient (Wildman–Crippen LogP) is 1.46. The summed E-state index contributed by atoms with van der Waals surface area (Å²) in [6.45, 7) is 2.25. The first-order valence-corrected chi connectivity index (χ1v) is 6.09. The third-order valence-electron chi connectivity index (χ3n) is 2.42. The fourth-order valence-corrected chi connectivity index (χ4v) is 1.45. The second-order valence-corrected chi connectivity index (χ2v) is 3.91. The average Bonchev–Trinajstić information content (AvgIpc) is 2.44. The highest BCUT2D eigenvalue weighted by atomic mass is 16.5. The second kappa shape index (κ2) is 8.05. The van der Waals surface area contributed by atoms with Gasteiger partial charge in [0.1, 0.15) is 6.04 Å². The van der Waals surface area contributed by atoms with Crippen LogP contribution < -0.4 is 5.73 Å². The summed E-state index contributed by atoms with van der Waals surface area (Å²) in [4.78, 5) is 12.9. The molecule has 0 bridgehead atoms. The monoisotopic (exact) mass is 261 g/mol. The molecule has 0 fully saturated rings. The number of hydrogen-bond donors (Lipinski definition) is 2. The lowest BCUT2D eigenvalue weighted by Gasteiger charge is -2.18. The van der Waals surface area contributed by atoms with Gasteiger partial charge in [-0.3, -0.25) is 10.2 Å². The maximum atomic E-state index is 11.4. The van der Waals surface area contributed by atoms with Crippen LogP contribution in [0.3, 0.4) is 0 Å². The molecular formula is C14H19N3O2. The van der Waals surface area contributed by atoms with Crippen molar-refractivity contribution in [2.45, 2.75) is 13.0 Å². The Labute approximate surface area is 113 Å². The number of rotatable bonds is 7. The van der Waals surface area contributed by atoms with Gasteiger partial charge < -0.3 is 15.4 Å². The molecule has 5 nitrogen and oxygen atoms in total. The summed E-state index contributed by atoms with van der Waals surface area (Å²) < 4.78 is 4.82. The van der Waals surface area contributed by atoms with Crippen molar-refractivity contribution in [3.8, 4) is 0 Å². The zero-order valence-electron chi connectivity index (χ0n) is 11.0. The SMILES string of the molecule is CCOC(=O)C(N)CN(C=N)/C=C/c1ccccc1. The van der Waals surface area contributed by atoms with Gasteiger partial charge in [-0.05, 0) is 18.6 Å². The minimum Gasteiger partial charge on any atom is -0.465 e. The second-order valence-electron chi connectivity index (χ2n) is 3.91. The van der Waals surface area contributed by atoms with Crippen molar-refractivity contribution in [3.05, 3.63) is 42.1 Å². The third-order valence-corrected chi connectivity index (χ3v) is 2.42. The van der Waals surface area contributed by atoms with E-state index >= 15 is 0 Å². The van der Waals surface area contributed by atoms with E-state index in [0.29, 0.717) is 6.61 Å². The number of hydrogen-bond acceptors (Lipinski definition) is 4. The Kier molecular flexibility index (Phi) is 6.32. The molecule has 0 spiro atoms. The van der Waals surface area contributed by atoms with Gasteiger partial charge in [0.25, 0.3) is 0 Å². The van der Waals surface area contributed by atoms with Crippen LogP contribution in [0.4, 0.5) is 0 Å². The number of carbonyl (C=O) groups excluding carboxylic acids is 1. The minimum atomic E-state index is -0.762. The van der Waals surface area contributed by atoms with Gasteiger partial charge in [0.05, 0.1) is 12.9 Å². The van der Waals surface area contributed by atoms with Gasteiger partial charge in [0.2, 0.25) is 0 Å². The predicted molar refractivity (Wildman–Crippen MR) is 75.6 cm³/mol. The van der Waals surface area contributed by atoms with Gasteiger partial charge in [0.15, 0.2) is 0 Å². The molecule has 1 aromatic rings. The Balaban J connectivity index is 2.57. The summed E-state index contributed by atoms with van der Waals surface area (Å²) in [5.41, 5.74) is 6.71. The van der Waals surface area contributed by atoms with E-state index in [1.807, 2.05) is 36.4 Å². The van der Waals surface area contributed by atoms with Crippen LogP contribution in [0, 0.1) is 5.41 Å². The number of carbonyl (C=O) groups is 1. The Morgan fingerprint density at radius 1 is 1.47 bits per heavy atom. The van der Waals surface area contributed by atoms with E-state index in [1.54, 1.807) is 13.1 Å². The van der Waals surface area contributed by atoms with Gasteiger partial charge in [-0.25, -0.2) is 0 Å². The molecule has 0 radical (unpaired) electrons. The largest absolute Gasteiger partial charge is 0.465 e. The summed E-state index contributed by atoms with van der Waals surface area (Å²) in [7, 11) is 0. The standard InChI is InChI=1S/C14H19N3O2/c1-2-19-14(18)13(16)10-17(11-15)9-8-12-6-4-3-5-7-12/h3-9,11,13,15H,2,10,16H2,1H3/b9-8+,15-11?. The molecule has 0 heterocycles. The molecule has 1 aromatic carbocycles. The average molecular weight is 261 g/mol. The molecule has 0 saturated carbocycles. The molecule has 1 rings (SSSR count). The van der Waals surface area contributed by atoms with E-state index in [-0.39, 0.29) is 6.54 Å². The summed E-state index contributed by atoms with van der Waals surface area (Å²) in [6, 6.07) is 8.93. The van der Waals surface area contributed by atoms with Crippen molar-refractivity contribution < 1.29 is 9.53 Å². The van der Waals surface area contributed by atoms with Crippen molar-refractivity contribution in [2.24, 2.45) is 5.73 Å². The summed E-state index contributed by atoms with van der Waals surface area (Å²) in [5.74, 6) is -0.456. The fraction of sp³-hybridized carbons (Fsp3) is 0.286. The van der Waals surface area contributed by atoms with E-state index in [4.69, 9.17) is 15.9 Å². The molecule has 5 heteroatoms. The summed E-state index contributed by atoms with van der Waals surface area (Å²) in [5, 5.41) is 7.30. The van der Waals surface area contributed by atoms with Crippen molar-refractivity contribution >= 4 is 18.4 Å². The van der Waals surface area contributed by atoms with Crippen molar-refractivity contribution in [2.75, 3.05) is 13.2 Å². The van der Waals surface area contributed by atoms with Crippen molar-refractivity contribution in [1.29, 1.82) is 5.41 Å². The Morgan fingerprint density at radius 2 is 2.16 bits per heavy atom. The number of nitrogens with zero attached hydrogens (tertiary/aromatic N) is 1. The van der Waals surface area contributed by atoms with Crippen LogP contribution in [0.1, 0.15) is 12.5 Å². The number of ether oxygens (including phenoxy) is 1. The molecule has 1 atom stereocenters. The molecule has 102 valence electrons. The van der Waals surface area contributed by atoms with Crippen LogP contribution in [-0.4, -0.2) is 36.4 Å². The number of nitrogens with two attached hydrogens (primary N) is 1. The summed E-state index contributed by atoms with van der Waals surface area (Å²) >= 11 is 0. The smallest absolute Gasteiger partial charge is 0.324 e. The zero-order chi connectivity index (χ0) is 14.1. The highest BCUT2D eigenvalue weighted by Crippen LogP contribution is 2.02. The lowest BCUT2D eigenvalue weighted by Crippen LogP contribution is -2.41. The molecule has 0 amide bonds. The number of nitrogens with one attached hydrogen (secondary N) is 1. The minimum absolute atomic E-state index is 0.214. The number of benzene rings is 1. The quantitative estimate of drug-likeness (QED) is 0.442. The van der Waals surface area contributed by atoms with Crippen LogP contribution in [0.5, 0.6) is 0 Å². The number of esters is 1. The van der Waals surface area contributed by atoms with Gasteiger partial charge in [-0.2, -0.15) is 0 Å². The molecule has 0 saturated heterocycles. The van der Waals surface area contributed by atoms with Crippen LogP contribution >= 0.6 is 0 Å². The molecule has 1 unspecified atom stereocenters. The van der Waals surface area contributed by atoms with Gasteiger partial charge >= 0.3 is 5.97 Å². The van der Waals surface area contributed by atoms with Gasteiger partial charge in [-0.1, -0.05) is 30.3 Å². The van der Waals surface area contributed by atoms with Crippen LogP contribution in [-0.2, 0) is 9.53 Å². The topological polar surface area (TPSA) is 79.4 Å². The Bertz CT molecular complexity index is 432. The molecule has 19 heavy (non-hydrogen) atoms. The first-order valence-electron chi connectivity index (χ1n) is 6.09.